The van der Waals surface area contributed by atoms with Crippen LogP contribution in [0.5, 0.6) is 0 Å². The van der Waals surface area contributed by atoms with E-state index in [2.05, 4.69) is 5.32 Å². The molecule has 12 heteroatoms. The molecule has 0 aliphatic heterocycles. The van der Waals surface area contributed by atoms with E-state index < -0.39 is 27.8 Å². The molecule has 8 nitrogen and oxygen atoms in total. The number of benzene rings is 3. The monoisotopic (exact) mass is 553 g/mol. The number of carbonyl (C=O) groups is 1. The molecule has 0 aliphatic rings. The molecule has 0 spiro atoms. The van der Waals surface area contributed by atoms with Gasteiger partial charge in [0.15, 0.2) is 0 Å². The first-order chi connectivity index (χ1) is 18.2. The topological polar surface area (TPSA) is 100 Å². The predicted octanol–water partition coefficient (Wildman–Crippen LogP) is 5.04. The number of anilines is 2. The van der Waals surface area contributed by atoms with Gasteiger partial charge in [-0.25, -0.2) is 4.79 Å². The summed E-state index contributed by atoms with van der Waals surface area (Å²) in [6.45, 7) is 0.262. The molecule has 38 heavy (non-hydrogen) atoms. The lowest BCUT2D eigenvalue weighted by Crippen LogP contribution is -2.15. The minimum absolute atomic E-state index is 0.0417. The van der Waals surface area contributed by atoms with Gasteiger partial charge in [0, 0.05) is 5.69 Å². The number of alkyl halides is 3. The standard InChI is InChI=1S/C26H26F3NO7S/c27-26(28,29)20-7-6-8-21(19-20)30-24-12-5-4-11-23(24)25(31)36-17-15-34-13-14-35-16-18-37-38(32,33)22-9-2-1-3-10-22/h1-12,19,30H,13-18H2. The van der Waals surface area contributed by atoms with Crippen LogP contribution in [0, 0.1) is 0 Å². The highest BCUT2D eigenvalue weighted by molar-refractivity contribution is 7.86. The van der Waals surface area contributed by atoms with Crippen LogP contribution < -0.4 is 5.32 Å². The molecule has 3 aromatic rings. The summed E-state index contributed by atoms with van der Waals surface area (Å²) in [6, 6.07) is 18.7. The summed E-state index contributed by atoms with van der Waals surface area (Å²) in [5.41, 5.74) is -0.193. The molecule has 0 saturated heterocycles. The average molecular weight is 554 g/mol. The van der Waals surface area contributed by atoms with Gasteiger partial charge in [-0.3, -0.25) is 4.18 Å². The summed E-state index contributed by atoms with van der Waals surface area (Å²) >= 11 is 0. The van der Waals surface area contributed by atoms with Crippen molar-refractivity contribution in [3.8, 4) is 0 Å². The molecule has 0 heterocycles. The van der Waals surface area contributed by atoms with Crippen LogP contribution in [0.3, 0.4) is 0 Å². The summed E-state index contributed by atoms with van der Waals surface area (Å²) < 4.78 is 83.5. The minimum Gasteiger partial charge on any atom is -0.460 e. The number of ether oxygens (including phenoxy) is 3. The van der Waals surface area contributed by atoms with Crippen LogP contribution in [0.25, 0.3) is 0 Å². The Morgan fingerprint density at radius 2 is 1.39 bits per heavy atom. The van der Waals surface area contributed by atoms with Crippen LogP contribution in [0.2, 0.25) is 0 Å². The Kier molecular flexibility index (Phi) is 10.7. The Morgan fingerprint density at radius 1 is 0.763 bits per heavy atom. The third-order valence-electron chi connectivity index (χ3n) is 4.95. The lowest BCUT2D eigenvalue weighted by molar-refractivity contribution is -0.137. The highest BCUT2D eigenvalue weighted by Crippen LogP contribution is 2.32. The molecular weight excluding hydrogens is 527 g/mol. The van der Waals surface area contributed by atoms with Crippen molar-refractivity contribution in [1.82, 2.24) is 0 Å². The van der Waals surface area contributed by atoms with Gasteiger partial charge in [-0.05, 0) is 42.5 Å². The zero-order chi connectivity index (χ0) is 27.4. The Balaban J connectivity index is 1.34. The van der Waals surface area contributed by atoms with E-state index in [-0.39, 0.29) is 55.8 Å². The maximum absolute atomic E-state index is 13.0. The van der Waals surface area contributed by atoms with E-state index in [4.69, 9.17) is 18.4 Å². The second kappa shape index (κ2) is 13.9. The molecule has 0 fully saturated rings. The first-order valence-electron chi connectivity index (χ1n) is 11.5. The fourth-order valence-corrected chi connectivity index (χ4v) is 4.06. The van der Waals surface area contributed by atoms with E-state index >= 15 is 0 Å². The number of halogens is 3. The van der Waals surface area contributed by atoms with E-state index in [1.165, 1.54) is 30.3 Å². The van der Waals surface area contributed by atoms with Crippen LogP contribution in [-0.2, 0) is 34.7 Å². The highest BCUT2D eigenvalue weighted by atomic mass is 32.2. The fraction of sp³-hybridized carbons (Fsp3) is 0.269. The minimum atomic E-state index is -4.49. The van der Waals surface area contributed by atoms with Crippen LogP contribution >= 0.6 is 0 Å². The molecule has 0 atom stereocenters. The molecule has 0 unspecified atom stereocenters. The van der Waals surface area contributed by atoms with Crippen molar-refractivity contribution in [3.05, 3.63) is 90.0 Å². The van der Waals surface area contributed by atoms with Crippen molar-refractivity contribution in [3.63, 3.8) is 0 Å². The quantitative estimate of drug-likeness (QED) is 0.168. The molecule has 204 valence electrons. The molecular formula is C26H26F3NO7S. The molecule has 0 aliphatic carbocycles. The summed E-state index contributed by atoms with van der Waals surface area (Å²) in [6.07, 6.45) is -4.49. The molecule has 0 aromatic heterocycles. The first kappa shape index (κ1) is 29.1. The van der Waals surface area contributed by atoms with Crippen molar-refractivity contribution in [2.75, 3.05) is 45.0 Å². The van der Waals surface area contributed by atoms with Gasteiger partial charge in [0.05, 0.1) is 54.7 Å². The smallest absolute Gasteiger partial charge is 0.416 e. The van der Waals surface area contributed by atoms with Crippen molar-refractivity contribution in [2.45, 2.75) is 11.1 Å². The van der Waals surface area contributed by atoms with Crippen molar-refractivity contribution < 1.29 is 44.8 Å². The van der Waals surface area contributed by atoms with E-state index in [1.54, 1.807) is 36.4 Å². The maximum atomic E-state index is 13.0. The Bertz CT molecular complexity index is 1290. The molecule has 3 aromatic carbocycles. The van der Waals surface area contributed by atoms with Gasteiger partial charge in [-0.2, -0.15) is 21.6 Å². The highest BCUT2D eigenvalue weighted by Gasteiger charge is 2.30. The Hall–Kier alpha value is -3.45. The lowest BCUT2D eigenvalue weighted by Gasteiger charge is -2.13. The number of carbonyl (C=O) groups excluding carboxylic acids is 1. The molecule has 0 amide bonds. The second-order valence-electron chi connectivity index (χ2n) is 7.70. The Labute approximate surface area is 218 Å². The van der Waals surface area contributed by atoms with Crippen LogP contribution in [0.4, 0.5) is 24.5 Å². The normalized spacial score (nSPS) is 11.8. The van der Waals surface area contributed by atoms with Crippen LogP contribution in [0.15, 0.2) is 83.8 Å². The zero-order valence-electron chi connectivity index (χ0n) is 20.1. The summed E-state index contributed by atoms with van der Waals surface area (Å²) in [4.78, 5) is 12.5. The number of hydrogen-bond acceptors (Lipinski definition) is 8. The largest absolute Gasteiger partial charge is 0.460 e. The average Bonchev–Trinajstić information content (AvgIpc) is 2.90. The first-order valence-corrected chi connectivity index (χ1v) is 12.9. The molecule has 1 N–H and O–H groups in total. The lowest BCUT2D eigenvalue weighted by atomic mass is 10.1. The van der Waals surface area contributed by atoms with Crippen LogP contribution in [0.1, 0.15) is 15.9 Å². The number of nitrogens with one attached hydrogen (secondary N) is 1. The Morgan fingerprint density at radius 3 is 2.11 bits per heavy atom. The van der Waals surface area contributed by atoms with Crippen molar-refractivity contribution >= 4 is 27.5 Å². The van der Waals surface area contributed by atoms with Crippen LogP contribution in [-0.4, -0.2) is 54.0 Å². The van der Waals surface area contributed by atoms with E-state index in [9.17, 15) is 26.4 Å². The molecule has 0 saturated carbocycles. The van der Waals surface area contributed by atoms with Crippen molar-refractivity contribution in [1.29, 1.82) is 0 Å². The number of esters is 1. The van der Waals surface area contributed by atoms with E-state index in [0.717, 1.165) is 12.1 Å². The van der Waals surface area contributed by atoms with Gasteiger partial charge in [0.25, 0.3) is 10.1 Å². The van der Waals surface area contributed by atoms with Gasteiger partial charge in [-0.15, -0.1) is 0 Å². The molecule has 0 bridgehead atoms. The van der Waals surface area contributed by atoms with Gasteiger partial charge < -0.3 is 19.5 Å². The summed E-state index contributed by atoms with van der Waals surface area (Å²) in [7, 11) is -3.83. The second-order valence-corrected chi connectivity index (χ2v) is 9.31. The van der Waals surface area contributed by atoms with Gasteiger partial charge in [0.2, 0.25) is 0 Å². The molecule has 3 rings (SSSR count). The maximum Gasteiger partial charge on any atom is 0.416 e. The van der Waals surface area contributed by atoms with E-state index in [1.807, 2.05) is 0 Å². The third-order valence-corrected chi connectivity index (χ3v) is 6.27. The van der Waals surface area contributed by atoms with Gasteiger partial charge >= 0.3 is 12.1 Å². The van der Waals surface area contributed by atoms with Gasteiger partial charge in [0.1, 0.15) is 6.61 Å². The predicted molar refractivity (Wildman–Crippen MR) is 133 cm³/mol. The molecule has 0 radical (unpaired) electrons. The van der Waals surface area contributed by atoms with Crippen molar-refractivity contribution in [2.24, 2.45) is 0 Å². The fourth-order valence-electron chi connectivity index (χ4n) is 3.15. The van der Waals surface area contributed by atoms with Gasteiger partial charge in [-0.1, -0.05) is 36.4 Å². The summed E-state index contributed by atoms with van der Waals surface area (Å²) in [5, 5.41) is 2.82. The SMILES string of the molecule is O=C(OCCOCCOCCOS(=O)(=O)c1ccccc1)c1ccccc1Nc1cccc(C(F)(F)F)c1. The number of hydrogen-bond donors (Lipinski definition) is 1. The zero-order valence-corrected chi connectivity index (χ0v) is 21.0. The number of para-hydroxylation sites is 1. The van der Waals surface area contributed by atoms with E-state index in [0.29, 0.717) is 5.69 Å². The third kappa shape index (κ3) is 9.14. The summed E-state index contributed by atoms with van der Waals surface area (Å²) in [5.74, 6) is -0.670. The number of rotatable bonds is 14.